The van der Waals surface area contributed by atoms with Crippen molar-refractivity contribution in [1.29, 1.82) is 0 Å². The minimum atomic E-state index is -3.79. The summed E-state index contributed by atoms with van der Waals surface area (Å²) >= 11 is 0. The summed E-state index contributed by atoms with van der Waals surface area (Å²) in [6.07, 6.45) is 0. The number of nitrogens with zero attached hydrogens (tertiary/aromatic N) is 1. The molecule has 6 heteroatoms. The molecule has 0 saturated heterocycles. The third-order valence-corrected chi connectivity index (χ3v) is 5.32. The molecule has 2 aromatic carbocycles. The van der Waals surface area contributed by atoms with Crippen molar-refractivity contribution >= 4 is 21.4 Å². The van der Waals surface area contributed by atoms with Gasteiger partial charge in [-0.1, -0.05) is 12.1 Å². The second-order valence-electron chi connectivity index (χ2n) is 4.62. The summed E-state index contributed by atoms with van der Waals surface area (Å²) < 4.78 is 40.1. The van der Waals surface area contributed by atoms with E-state index in [0.29, 0.717) is 16.9 Å². The van der Waals surface area contributed by atoms with Crippen LogP contribution in [0.25, 0.3) is 0 Å². The van der Waals surface area contributed by atoms with Gasteiger partial charge in [-0.3, -0.25) is 4.31 Å². The van der Waals surface area contributed by atoms with E-state index in [1.165, 1.54) is 24.3 Å². The van der Waals surface area contributed by atoms with Gasteiger partial charge in [0.2, 0.25) is 0 Å². The van der Waals surface area contributed by atoms with Gasteiger partial charge in [0.15, 0.2) is 0 Å². The fourth-order valence-electron chi connectivity index (χ4n) is 2.15. The number of rotatable bonds is 4. The Kier molecular flexibility index (Phi) is 4.18. The predicted molar refractivity (Wildman–Crippen MR) is 82.2 cm³/mol. The number of halogens is 1. The van der Waals surface area contributed by atoms with Crippen LogP contribution < -0.4 is 10.0 Å². The molecule has 0 aliphatic heterocycles. The van der Waals surface area contributed by atoms with Crippen LogP contribution in [0.1, 0.15) is 12.5 Å². The van der Waals surface area contributed by atoms with E-state index in [9.17, 15) is 12.8 Å². The molecular weight excluding hydrogens is 291 g/mol. The molecule has 2 N–H and O–H groups in total. The predicted octanol–water partition coefficient (Wildman–Crippen LogP) is 2.93. The average molecular weight is 308 g/mol. The zero-order chi connectivity index (χ0) is 15.6. The first-order valence-corrected chi connectivity index (χ1v) is 7.95. The summed E-state index contributed by atoms with van der Waals surface area (Å²) in [4.78, 5) is 0.133. The van der Waals surface area contributed by atoms with E-state index in [1.807, 2.05) is 0 Å². The van der Waals surface area contributed by atoms with Crippen LogP contribution in [0, 0.1) is 12.7 Å². The summed E-state index contributed by atoms with van der Waals surface area (Å²) in [5.41, 5.74) is 6.97. The molecule has 21 heavy (non-hydrogen) atoms. The number of nitrogen functional groups attached to an aromatic ring is 1. The zero-order valence-electron chi connectivity index (χ0n) is 11.9. The Morgan fingerprint density at radius 2 is 1.86 bits per heavy atom. The topological polar surface area (TPSA) is 63.4 Å². The highest BCUT2D eigenvalue weighted by Crippen LogP contribution is 2.28. The van der Waals surface area contributed by atoms with Crippen molar-refractivity contribution in [2.45, 2.75) is 18.7 Å². The highest BCUT2D eigenvalue weighted by Gasteiger charge is 2.26. The molecule has 0 heterocycles. The fraction of sp³-hybridized carbons (Fsp3) is 0.200. The maximum Gasteiger partial charge on any atom is 0.264 e. The summed E-state index contributed by atoms with van der Waals surface area (Å²) in [5, 5.41) is 0. The molecular formula is C15H17FN2O2S. The Balaban J connectivity index is 2.58. The van der Waals surface area contributed by atoms with Crippen molar-refractivity contribution in [2.24, 2.45) is 0 Å². The second kappa shape index (κ2) is 5.73. The molecule has 0 aliphatic rings. The van der Waals surface area contributed by atoms with Gasteiger partial charge in [-0.05, 0) is 49.7 Å². The summed E-state index contributed by atoms with van der Waals surface area (Å²) in [6.45, 7) is 3.55. The van der Waals surface area contributed by atoms with Crippen LogP contribution in [0.2, 0.25) is 0 Å². The van der Waals surface area contributed by atoms with Gasteiger partial charge in [0.05, 0.1) is 10.6 Å². The van der Waals surface area contributed by atoms with Crippen LogP contribution in [-0.2, 0) is 10.0 Å². The van der Waals surface area contributed by atoms with Crippen molar-refractivity contribution in [3.05, 3.63) is 53.8 Å². The minimum absolute atomic E-state index is 0.133. The minimum Gasteiger partial charge on any atom is -0.398 e. The summed E-state index contributed by atoms with van der Waals surface area (Å²) in [6, 6.07) is 10.3. The van der Waals surface area contributed by atoms with Gasteiger partial charge in [-0.15, -0.1) is 0 Å². The van der Waals surface area contributed by atoms with E-state index in [2.05, 4.69) is 0 Å². The Bertz CT molecular complexity index is 760. The Labute approximate surface area is 124 Å². The van der Waals surface area contributed by atoms with Crippen LogP contribution in [0.3, 0.4) is 0 Å². The third kappa shape index (κ3) is 2.85. The smallest absolute Gasteiger partial charge is 0.264 e. The quantitative estimate of drug-likeness (QED) is 0.883. The van der Waals surface area contributed by atoms with E-state index in [1.54, 1.807) is 32.0 Å². The molecule has 0 fully saturated rings. The molecule has 0 atom stereocenters. The van der Waals surface area contributed by atoms with E-state index < -0.39 is 15.8 Å². The van der Waals surface area contributed by atoms with Crippen LogP contribution in [-0.4, -0.2) is 15.0 Å². The van der Waals surface area contributed by atoms with Crippen LogP contribution >= 0.6 is 0 Å². The molecule has 0 amide bonds. The summed E-state index contributed by atoms with van der Waals surface area (Å²) in [5.74, 6) is -0.481. The molecule has 0 saturated carbocycles. The summed E-state index contributed by atoms with van der Waals surface area (Å²) in [7, 11) is -3.79. The lowest BCUT2D eigenvalue weighted by atomic mass is 10.2. The first-order valence-electron chi connectivity index (χ1n) is 6.51. The molecule has 2 rings (SSSR count). The monoisotopic (exact) mass is 308 g/mol. The van der Waals surface area contributed by atoms with Crippen molar-refractivity contribution in [3.63, 3.8) is 0 Å². The van der Waals surface area contributed by atoms with Gasteiger partial charge >= 0.3 is 0 Å². The number of sulfonamides is 1. The zero-order valence-corrected chi connectivity index (χ0v) is 12.7. The second-order valence-corrected chi connectivity index (χ2v) is 6.45. The maximum absolute atomic E-state index is 13.4. The highest BCUT2D eigenvalue weighted by molar-refractivity contribution is 7.92. The molecule has 2 aromatic rings. The number of hydrogen-bond donors (Lipinski definition) is 1. The van der Waals surface area contributed by atoms with Crippen molar-refractivity contribution in [3.8, 4) is 0 Å². The lowest BCUT2D eigenvalue weighted by Crippen LogP contribution is -2.31. The fourth-order valence-corrected chi connectivity index (χ4v) is 3.88. The largest absolute Gasteiger partial charge is 0.398 e. The van der Waals surface area contributed by atoms with Crippen LogP contribution in [0.15, 0.2) is 47.4 Å². The SMILES string of the molecule is CCN(c1cccc(F)c1)S(=O)(=O)c1cccc(N)c1C. The van der Waals surface area contributed by atoms with Gasteiger partial charge in [0.25, 0.3) is 10.0 Å². The standard InChI is InChI=1S/C15H17FN2O2S/c1-3-18(13-7-4-6-12(16)10-13)21(19,20)15-9-5-8-14(17)11(15)2/h4-10H,3,17H2,1-2H3. The van der Waals surface area contributed by atoms with E-state index in [4.69, 9.17) is 5.73 Å². The number of nitrogens with two attached hydrogens (primary N) is 1. The normalized spacial score (nSPS) is 11.4. The van der Waals surface area contributed by atoms with Gasteiger partial charge in [-0.25, -0.2) is 12.8 Å². The van der Waals surface area contributed by atoms with Crippen molar-refractivity contribution in [1.82, 2.24) is 0 Å². The maximum atomic E-state index is 13.4. The first kappa shape index (κ1) is 15.3. The molecule has 0 spiro atoms. The van der Waals surface area contributed by atoms with E-state index in [0.717, 1.165) is 4.31 Å². The number of anilines is 2. The van der Waals surface area contributed by atoms with Crippen LogP contribution in [0.4, 0.5) is 15.8 Å². The van der Waals surface area contributed by atoms with Crippen molar-refractivity contribution < 1.29 is 12.8 Å². The van der Waals surface area contributed by atoms with Gasteiger partial charge in [-0.2, -0.15) is 0 Å². The number of benzene rings is 2. The molecule has 112 valence electrons. The van der Waals surface area contributed by atoms with Gasteiger partial charge < -0.3 is 5.73 Å². The third-order valence-electron chi connectivity index (χ3n) is 3.28. The first-order chi connectivity index (χ1) is 9.87. The molecule has 0 aliphatic carbocycles. The Morgan fingerprint density at radius 1 is 1.19 bits per heavy atom. The highest BCUT2D eigenvalue weighted by atomic mass is 32.2. The van der Waals surface area contributed by atoms with Gasteiger partial charge in [0, 0.05) is 12.2 Å². The molecule has 4 nitrogen and oxygen atoms in total. The molecule has 0 radical (unpaired) electrons. The molecule has 0 unspecified atom stereocenters. The molecule has 0 aromatic heterocycles. The Morgan fingerprint density at radius 3 is 2.48 bits per heavy atom. The van der Waals surface area contributed by atoms with E-state index >= 15 is 0 Å². The van der Waals surface area contributed by atoms with Crippen molar-refractivity contribution in [2.75, 3.05) is 16.6 Å². The average Bonchev–Trinajstić information content (AvgIpc) is 2.42. The van der Waals surface area contributed by atoms with E-state index in [-0.39, 0.29) is 11.4 Å². The van der Waals surface area contributed by atoms with Gasteiger partial charge in [0.1, 0.15) is 5.82 Å². The molecule has 0 bridgehead atoms. The van der Waals surface area contributed by atoms with Crippen LogP contribution in [0.5, 0.6) is 0 Å². The lowest BCUT2D eigenvalue weighted by molar-refractivity contribution is 0.591. The number of hydrogen-bond acceptors (Lipinski definition) is 3. The lowest BCUT2D eigenvalue weighted by Gasteiger charge is -2.24. The Hall–Kier alpha value is -2.08.